The number of methoxy groups -OCH3 is 2. The number of aromatic nitrogens is 1. The van der Waals surface area contributed by atoms with E-state index < -0.39 is 23.7 Å². The molecule has 0 spiro atoms. The Morgan fingerprint density at radius 3 is 2.36 bits per heavy atom. The molecule has 0 aliphatic carbocycles. The summed E-state index contributed by atoms with van der Waals surface area (Å²) in [4.78, 5) is 45.4. The van der Waals surface area contributed by atoms with Crippen molar-refractivity contribution in [3.05, 3.63) is 106 Å². The lowest BCUT2D eigenvalue weighted by Gasteiger charge is -2.24. The third-order valence-corrected chi connectivity index (χ3v) is 8.12. The summed E-state index contributed by atoms with van der Waals surface area (Å²) in [5.41, 5.74) is 1.96. The fraction of sp³-hybridized carbons (Fsp3) is 0.212. The van der Waals surface area contributed by atoms with Gasteiger partial charge in [-0.1, -0.05) is 47.7 Å². The monoisotopic (exact) mass is 614 g/mol. The number of aryl methyl sites for hydroxylation is 1. The zero-order chi connectivity index (χ0) is 31.4. The highest BCUT2D eigenvalue weighted by Crippen LogP contribution is 2.45. The van der Waals surface area contributed by atoms with E-state index in [9.17, 15) is 19.5 Å². The number of rotatable bonds is 10. The van der Waals surface area contributed by atoms with Crippen molar-refractivity contribution in [1.82, 2.24) is 4.98 Å². The van der Waals surface area contributed by atoms with E-state index in [2.05, 4.69) is 4.98 Å². The molecule has 4 aromatic rings. The predicted octanol–water partition coefficient (Wildman–Crippen LogP) is 5.85. The number of hydrogen-bond donors (Lipinski definition) is 1. The summed E-state index contributed by atoms with van der Waals surface area (Å²) >= 11 is 0.921. The van der Waals surface area contributed by atoms with E-state index in [1.807, 2.05) is 37.3 Å². The standard InChI is InChI=1S/C33H30N2O8S/c1-5-42-24-16-13-22(17-25(24)40-3)27-26(29(37)31(38)35(27)33-34-19(2)30(44-33)32(39)41-4)28(36)21-11-14-23(15-12-21)43-18-20-9-7-6-8-10-20/h6-17,27,36H,5,18H2,1-4H3/b28-26+. The molecule has 1 amide bonds. The number of ether oxygens (including phenoxy) is 4. The van der Waals surface area contributed by atoms with Crippen LogP contribution in [0.5, 0.6) is 17.2 Å². The van der Waals surface area contributed by atoms with E-state index in [0.29, 0.717) is 47.3 Å². The van der Waals surface area contributed by atoms with Crippen molar-refractivity contribution in [2.45, 2.75) is 26.5 Å². The molecule has 3 aromatic carbocycles. The zero-order valence-electron chi connectivity index (χ0n) is 24.5. The Bertz CT molecular complexity index is 1730. The number of hydrogen-bond acceptors (Lipinski definition) is 10. The van der Waals surface area contributed by atoms with Gasteiger partial charge in [0, 0.05) is 5.56 Å². The molecule has 5 rings (SSSR count). The van der Waals surface area contributed by atoms with Gasteiger partial charge in [0.25, 0.3) is 5.78 Å². The zero-order valence-corrected chi connectivity index (χ0v) is 25.3. The highest BCUT2D eigenvalue weighted by atomic mass is 32.1. The van der Waals surface area contributed by atoms with Crippen LogP contribution in [0, 0.1) is 6.92 Å². The van der Waals surface area contributed by atoms with E-state index >= 15 is 0 Å². The summed E-state index contributed by atoms with van der Waals surface area (Å²) in [6.07, 6.45) is 0. The number of esters is 1. The number of aliphatic hydroxyl groups excluding tert-OH is 1. The lowest BCUT2D eigenvalue weighted by Crippen LogP contribution is -2.29. The summed E-state index contributed by atoms with van der Waals surface area (Å²) in [5.74, 6) is -1.39. The van der Waals surface area contributed by atoms with Gasteiger partial charge in [-0.05, 0) is 61.4 Å². The number of thiazole rings is 1. The van der Waals surface area contributed by atoms with Crippen LogP contribution in [0.3, 0.4) is 0 Å². The van der Waals surface area contributed by atoms with Crippen molar-refractivity contribution in [3.63, 3.8) is 0 Å². The van der Waals surface area contributed by atoms with E-state index in [0.717, 1.165) is 16.9 Å². The molecule has 11 heteroatoms. The van der Waals surface area contributed by atoms with Crippen LogP contribution in [-0.2, 0) is 20.9 Å². The molecular weight excluding hydrogens is 584 g/mol. The SMILES string of the molecule is CCOc1ccc(C2/C(=C(\O)c3ccc(OCc4ccccc4)cc3)C(=O)C(=O)N2c2nc(C)c(C(=O)OC)s2)cc1OC. The fourth-order valence-electron chi connectivity index (χ4n) is 4.85. The van der Waals surface area contributed by atoms with Crippen molar-refractivity contribution in [2.75, 3.05) is 25.7 Å². The molecule has 1 aliphatic heterocycles. The van der Waals surface area contributed by atoms with Crippen LogP contribution < -0.4 is 19.1 Å². The minimum Gasteiger partial charge on any atom is -0.507 e. The Kier molecular flexibility index (Phi) is 8.96. The number of carbonyl (C=O) groups is 3. The van der Waals surface area contributed by atoms with Crippen LogP contribution in [-0.4, -0.2) is 48.6 Å². The van der Waals surface area contributed by atoms with Gasteiger partial charge in [0.15, 0.2) is 16.6 Å². The minimum atomic E-state index is -1.09. The van der Waals surface area contributed by atoms with Crippen molar-refractivity contribution in [1.29, 1.82) is 0 Å². The molecule has 1 atom stereocenters. The normalized spacial score (nSPS) is 15.7. The molecular formula is C33H30N2O8S. The number of nitrogens with zero attached hydrogens (tertiary/aromatic N) is 2. The predicted molar refractivity (Wildman–Crippen MR) is 164 cm³/mol. The number of aliphatic hydroxyl groups is 1. The van der Waals surface area contributed by atoms with Gasteiger partial charge >= 0.3 is 11.9 Å². The maximum absolute atomic E-state index is 13.6. The molecule has 1 aromatic heterocycles. The first-order chi connectivity index (χ1) is 21.3. The van der Waals surface area contributed by atoms with Crippen LogP contribution in [0.25, 0.3) is 5.76 Å². The Balaban J connectivity index is 1.58. The molecule has 226 valence electrons. The molecule has 2 heterocycles. The third kappa shape index (κ3) is 5.86. The van der Waals surface area contributed by atoms with E-state index in [-0.39, 0.29) is 21.3 Å². The highest BCUT2D eigenvalue weighted by molar-refractivity contribution is 7.17. The van der Waals surface area contributed by atoms with Gasteiger partial charge < -0.3 is 24.1 Å². The lowest BCUT2D eigenvalue weighted by molar-refractivity contribution is -0.132. The van der Waals surface area contributed by atoms with Gasteiger partial charge in [0.2, 0.25) is 0 Å². The molecule has 1 saturated heterocycles. The molecule has 1 unspecified atom stereocenters. The second-order valence-electron chi connectivity index (χ2n) is 9.71. The molecule has 1 fully saturated rings. The first kappa shape index (κ1) is 30.3. The first-order valence-electron chi connectivity index (χ1n) is 13.7. The number of benzene rings is 3. The van der Waals surface area contributed by atoms with Gasteiger partial charge in [-0.15, -0.1) is 0 Å². The van der Waals surface area contributed by atoms with Crippen LogP contribution in [0.2, 0.25) is 0 Å². The van der Waals surface area contributed by atoms with E-state index in [4.69, 9.17) is 18.9 Å². The number of anilines is 1. The summed E-state index contributed by atoms with van der Waals surface area (Å²) in [6, 6.07) is 20.2. The molecule has 0 bridgehead atoms. The first-order valence-corrected chi connectivity index (χ1v) is 14.5. The van der Waals surface area contributed by atoms with E-state index in [1.54, 1.807) is 49.4 Å². The summed E-state index contributed by atoms with van der Waals surface area (Å²) in [7, 11) is 2.73. The summed E-state index contributed by atoms with van der Waals surface area (Å²) in [6.45, 7) is 4.20. The van der Waals surface area contributed by atoms with Gasteiger partial charge in [-0.2, -0.15) is 0 Å². The molecule has 0 radical (unpaired) electrons. The maximum atomic E-state index is 13.6. The summed E-state index contributed by atoms with van der Waals surface area (Å²) < 4.78 is 21.9. The Hall–Kier alpha value is -5.16. The van der Waals surface area contributed by atoms with Crippen LogP contribution in [0.4, 0.5) is 5.13 Å². The molecule has 1 N–H and O–H groups in total. The van der Waals surface area contributed by atoms with Crippen LogP contribution in [0.15, 0.2) is 78.4 Å². The number of carbonyl (C=O) groups excluding carboxylic acids is 3. The van der Waals surface area contributed by atoms with Crippen molar-refractivity contribution < 1.29 is 38.4 Å². The molecule has 44 heavy (non-hydrogen) atoms. The number of amides is 1. The fourth-order valence-corrected chi connectivity index (χ4v) is 5.86. The second-order valence-corrected chi connectivity index (χ2v) is 10.7. The van der Waals surface area contributed by atoms with Gasteiger partial charge in [0.05, 0.1) is 38.1 Å². The molecule has 1 aliphatic rings. The Morgan fingerprint density at radius 2 is 1.70 bits per heavy atom. The molecule has 10 nitrogen and oxygen atoms in total. The number of Topliss-reactive ketones (excluding diaryl/α,β-unsaturated/α-hetero) is 1. The molecule has 0 saturated carbocycles. The van der Waals surface area contributed by atoms with E-state index in [1.165, 1.54) is 19.1 Å². The van der Waals surface area contributed by atoms with Crippen molar-refractivity contribution in [2.24, 2.45) is 0 Å². The summed E-state index contributed by atoms with van der Waals surface area (Å²) in [5, 5.41) is 11.7. The van der Waals surface area contributed by atoms with Crippen LogP contribution in [0.1, 0.15) is 45.0 Å². The van der Waals surface area contributed by atoms with Gasteiger partial charge in [-0.25, -0.2) is 9.78 Å². The van der Waals surface area contributed by atoms with Crippen molar-refractivity contribution in [3.8, 4) is 17.2 Å². The topological polar surface area (TPSA) is 124 Å². The highest BCUT2D eigenvalue weighted by Gasteiger charge is 2.48. The second kappa shape index (κ2) is 13.0. The quantitative estimate of drug-likeness (QED) is 0.101. The average molecular weight is 615 g/mol. The van der Waals surface area contributed by atoms with Crippen molar-refractivity contribution >= 4 is 39.9 Å². The number of ketones is 1. The lowest BCUT2D eigenvalue weighted by atomic mass is 9.95. The largest absolute Gasteiger partial charge is 0.507 e. The van der Waals surface area contributed by atoms with Crippen LogP contribution >= 0.6 is 11.3 Å². The maximum Gasteiger partial charge on any atom is 0.350 e. The smallest absolute Gasteiger partial charge is 0.350 e. The average Bonchev–Trinajstić information content (AvgIpc) is 3.56. The minimum absolute atomic E-state index is 0.103. The van der Waals surface area contributed by atoms with Gasteiger partial charge in [0.1, 0.15) is 23.0 Å². The van der Waals surface area contributed by atoms with Gasteiger partial charge in [-0.3, -0.25) is 14.5 Å². The third-order valence-electron chi connectivity index (χ3n) is 6.99. The Morgan fingerprint density at radius 1 is 0.977 bits per heavy atom. The Labute approximate surface area is 258 Å².